The van der Waals surface area contributed by atoms with Gasteiger partial charge in [0.1, 0.15) is 0 Å². The number of rotatable bonds is 4. The molecule has 1 amide bonds. The molecule has 5 nitrogen and oxygen atoms in total. The normalized spacial score (nSPS) is 24.0. The number of esters is 1. The molecular weight excluding hydrogens is 352 g/mol. The number of hydrogen-bond acceptors (Lipinski definition) is 4. The lowest BCUT2D eigenvalue weighted by atomic mass is 9.78. The summed E-state index contributed by atoms with van der Waals surface area (Å²) in [5.74, 6) is 0.416. The van der Waals surface area contributed by atoms with E-state index in [-0.39, 0.29) is 18.6 Å². The van der Waals surface area contributed by atoms with Crippen molar-refractivity contribution in [2.75, 3.05) is 6.61 Å². The molecule has 5 heteroatoms. The van der Waals surface area contributed by atoms with Crippen LogP contribution in [0.5, 0.6) is 0 Å². The predicted molar refractivity (Wildman–Crippen MR) is 108 cm³/mol. The summed E-state index contributed by atoms with van der Waals surface area (Å²) in [4.78, 5) is 30.0. The minimum Gasteiger partial charge on any atom is -0.452 e. The van der Waals surface area contributed by atoms with Crippen molar-refractivity contribution in [3.63, 3.8) is 0 Å². The van der Waals surface area contributed by atoms with Crippen molar-refractivity contribution in [2.45, 2.75) is 58.4 Å². The van der Waals surface area contributed by atoms with Crippen molar-refractivity contribution in [3.8, 4) is 0 Å². The number of para-hydroxylation sites is 1. The van der Waals surface area contributed by atoms with E-state index in [1.807, 2.05) is 24.3 Å². The molecule has 0 aliphatic heterocycles. The van der Waals surface area contributed by atoms with Crippen LogP contribution in [0.1, 0.15) is 61.1 Å². The monoisotopic (exact) mass is 380 g/mol. The van der Waals surface area contributed by atoms with Gasteiger partial charge in [-0.1, -0.05) is 44.9 Å². The van der Waals surface area contributed by atoms with E-state index < -0.39 is 5.97 Å². The van der Waals surface area contributed by atoms with Gasteiger partial charge in [-0.3, -0.25) is 9.78 Å². The smallest absolute Gasteiger partial charge is 0.339 e. The lowest BCUT2D eigenvalue weighted by molar-refractivity contribution is -0.125. The lowest BCUT2D eigenvalue weighted by Crippen LogP contribution is -2.45. The second kappa shape index (κ2) is 7.90. The number of nitrogens with zero attached hydrogens (tertiary/aromatic N) is 1. The summed E-state index contributed by atoms with van der Waals surface area (Å²) in [6, 6.07) is 7.82. The quantitative estimate of drug-likeness (QED) is 0.819. The Hall–Kier alpha value is -2.43. The Morgan fingerprint density at radius 3 is 2.82 bits per heavy atom. The van der Waals surface area contributed by atoms with Crippen LogP contribution in [-0.2, 0) is 22.4 Å². The number of nitrogens with one attached hydrogen (secondary N) is 1. The highest BCUT2D eigenvalue weighted by Crippen LogP contribution is 2.31. The third-order valence-electron chi connectivity index (χ3n) is 6.51. The molecule has 0 unspecified atom stereocenters. The van der Waals surface area contributed by atoms with Gasteiger partial charge in [0.15, 0.2) is 6.61 Å². The van der Waals surface area contributed by atoms with E-state index in [1.165, 1.54) is 6.42 Å². The molecule has 1 aromatic heterocycles. The van der Waals surface area contributed by atoms with E-state index >= 15 is 0 Å². The number of hydrogen-bond donors (Lipinski definition) is 1. The number of aromatic nitrogens is 1. The van der Waals surface area contributed by atoms with E-state index in [9.17, 15) is 9.59 Å². The molecule has 1 fully saturated rings. The number of carbonyl (C=O) groups excluding carboxylic acids is 2. The first-order valence-corrected chi connectivity index (χ1v) is 10.4. The molecule has 28 heavy (non-hydrogen) atoms. The van der Waals surface area contributed by atoms with Gasteiger partial charge in [0.05, 0.1) is 11.1 Å². The summed E-state index contributed by atoms with van der Waals surface area (Å²) in [6.07, 6.45) is 6.05. The second-order valence-corrected chi connectivity index (χ2v) is 8.30. The van der Waals surface area contributed by atoms with Crippen LogP contribution in [0, 0.1) is 11.8 Å². The third-order valence-corrected chi connectivity index (χ3v) is 6.51. The molecule has 2 aliphatic carbocycles. The van der Waals surface area contributed by atoms with Gasteiger partial charge in [-0.15, -0.1) is 0 Å². The Bertz CT molecular complexity index is 908. The van der Waals surface area contributed by atoms with Crippen molar-refractivity contribution < 1.29 is 14.3 Å². The number of carbonyl (C=O) groups is 2. The zero-order chi connectivity index (χ0) is 19.7. The molecule has 0 spiro atoms. The first-order chi connectivity index (χ1) is 13.5. The first kappa shape index (κ1) is 18.9. The van der Waals surface area contributed by atoms with E-state index in [2.05, 4.69) is 19.2 Å². The van der Waals surface area contributed by atoms with Gasteiger partial charge < -0.3 is 10.1 Å². The first-order valence-electron chi connectivity index (χ1n) is 10.4. The number of pyridine rings is 1. The Kier molecular flexibility index (Phi) is 5.33. The van der Waals surface area contributed by atoms with Crippen molar-refractivity contribution in [3.05, 3.63) is 41.1 Å². The third kappa shape index (κ3) is 3.62. The van der Waals surface area contributed by atoms with Gasteiger partial charge in [0, 0.05) is 17.1 Å². The van der Waals surface area contributed by atoms with Crippen LogP contribution < -0.4 is 5.32 Å². The van der Waals surface area contributed by atoms with Gasteiger partial charge in [-0.2, -0.15) is 0 Å². The standard InChI is InChI=1S/C23H28N2O3/c1-14-7-5-11-18(15(14)2)25-21(26)13-28-23(27)22-16-8-3-4-10-19(16)24-20-12-6-9-17(20)22/h3-4,8,10,14-15,18H,5-7,9,11-13H2,1-2H3,(H,25,26)/t14-,15+,18+/m0/s1. The fourth-order valence-electron chi connectivity index (χ4n) is 4.68. The summed E-state index contributed by atoms with van der Waals surface area (Å²) in [5, 5.41) is 3.88. The Labute approximate surface area is 165 Å². The van der Waals surface area contributed by atoms with Crippen molar-refractivity contribution in [2.24, 2.45) is 11.8 Å². The number of fused-ring (bicyclic) bond motifs is 2. The average Bonchev–Trinajstić information content (AvgIpc) is 3.15. The van der Waals surface area contributed by atoms with Gasteiger partial charge >= 0.3 is 5.97 Å². The van der Waals surface area contributed by atoms with E-state index in [4.69, 9.17) is 9.72 Å². The molecule has 1 saturated carbocycles. The Balaban J connectivity index is 1.47. The summed E-state index contributed by atoms with van der Waals surface area (Å²) >= 11 is 0. The Morgan fingerprint density at radius 1 is 1.14 bits per heavy atom. The molecule has 2 aromatic rings. The number of aryl methyl sites for hydroxylation is 1. The lowest BCUT2D eigenvalue weighted by Gasteiger charge is -2.34. The SMILES string of the molecule is C[C@@H]1[C@@H](C)CCC[C@H]1NC(=O)COC(=O)c1c2c(nc3ccccc13)CCC2. The zero-order valence-corrected chi connectivity index (χ0v) is 16.7. The van der Waals surface area contributed by atoms with Gasteiger partial charge in [-0.05, 0) is 49.1 Å². The molecule has 3 atom stereocenters. The molecule has 0 saturated heterocycles. The summed E-state index contributed by atoms with van der Waals surface area (Å²) in [6.45, 7) is 4.19. The van der Waals surface area contributed by atoms with Gasteiger partial charge in [0.2, 0.25) is 0 Å². The zero-order valence-electron chi connectivity index (χ0n) is 16.7. The van der Waals surface area contributed by atoms with Crippen LogP contribution in [-0.4, -0.2) is 29.5 Å². The predicted octanol–water partition coefficient (Wildman–Crippen LogP) is 3.82. The van der Waals surface area contributed by atoms with Crippen molar-refractivity contribution in [1.29, 1.82) is 0 Å². The molecule has 2 aliphatic rings. The van der Waals surface area contributed by atoms with E-state index in [1.54, 1.807) is 0 Å². The van der Waals surface area contributed by atoms with Crippen LogP contribution in [0.4, 0.5) is 0 Å². The largest absolute Gasteiger partial charge is 0.452 e. The summed E-state index contributed by atoms with van der Waals surface area (Å²) < 4.78 is 5.45. The molecule has 148 valence electrons. The maximum atomic E-state index is 12.9. The summed E-state index contributed by atoms with van der Waals surface area (Å²) in [5.41, 5.74) is 3.37. The molecule has 1 N–H and O–H groups in total. The molecular formula is C23H28N2O3. The van der Waals surface area contributed by atoms with Crippen LogP contribution >= 0.6 is 0 Å². The van der Waals surface area contributed by atoms with Crippen LogP contribution in [0.25, 0.3) is 10.9 Å². The van der Waals surface area contributed by atoms with Crippen LogP contribution in [0.2, 0.25) is 0 Å². The van der Waals surface area contributed by atoms with Gasteiger partial charge in [0.25, 0.3) is 5.91 Å². The van der Waals surface area contributed by atoms with Crippen molar-refractivity contribution >= 4 is 22.8 Å². The maximum Gasteiger partial charge on any atom is 0.339 e. The summed E-state index contributed by atoms with van der Waals surface area (Å²) in [7, 11) is 0. The molecule has 1 heterocycles. The fraction of sp³-hybridized carbons (Fsp3) is 0.522. The van der Waals surface area contributed by atoms with E-state index in [0.717, 1.165) is 54.3 Å². The van der Waals surface area contributed by atoms with Crippen LogP contribution in [0.3, 0.4) is 0 Å². The minimum atomic E-state index is -0.419. The minimum absolute atomic E-state index is 0.168. The molecule has 0 radical (unpaired) electrons. The topological polar surface area (TPSA) is 68.3 Å². The maximum absolute atomic E-state index is 12.9. The van der Waals surface area contributed by atoms with E-state index in [0.29, 0.717) is 17.4 Å². The molecule has 1 aromatic carbocycles. The average molecular weight is 380 g/mol. The highest BCUT2D eigenvalue weighted by atomic mass is 16.5. The number of ether oxygens (including phenoxy) is 1. The highest BCUT2D eigenvalue weighted by molar-refractivity contribution is 6.05. The Morgan fingerprint density at radius 2 is 1.96 bits per heavy atom. The number of benzene rings is 1. The second-order valence-electron chi connectivity index (χ2n) is 8.30. The van der Waals surface area contributed by atoms with Gasteiger partial charge in [-0.25, -0.2) is 4.79 Å². The fourth-order valence-corrected chi connectivity index (χ4v) is 4.68. The van der Waals surface area contributed by atoms with Crippen molar-refractivity contribution in [1.82, 2.24) is 10.3 Å². The number of amides is 1. The van der Waals surface area contributed by atoms with Crippen LogP contribution in [0.15, 0.2) is 24.3 Å². The highest BCUT2D eigenvalue weighted by Gasteiger charge is 2.29. The molecule has 4 rings (SSSR count). The molecule has 0 bridgehead atoms.